The number of nitriles is 2. The topological polar surface area (TPSA) is 62.9 Å². The SMILES string of the molecule is CCCN(C#N)CCNC#N. The average molecular weight is 152 g/mol. The molecule has 0 aliphatic carbocycles. The van der Waals surface area contributed by atoms with Crippen molar-refractivity contribution in [1.82, 2.24) is 10.2 Å². The molecule has 0 saturated heterocycles. The first-order valence-electron chi connectivity index (χ1n) is 3.61. The van der Waals surface area contributed by atoms with Crippen molar-refractivity contribution in [2.45, 2.75) is 13.3 Å². The fourth-order valence-electron chi connectivity index (χ4n) is 0.728. The highest BCUT2D eigenvalue weighted by Crippen LogP contribution is 1.86. The molecule has 0 unspecified atom stereocenters. The van der Waals surface area contributed by atoms with E-state index in [1.807, 2.05) is 13.1 Å². The Morgan fingerprint density at radius 1 is 1.36 bits per heavy atom. The number of hydrogen-bond acceptors (Lipinski definition) is 4. The first-order chi connectivity index (χ1) is 5.35. The molecule has 0 amide bonds. The van der Waals surface area contributed by atoms with Crippen LogP contribution in [0.3, 0.4) is 0 Å². The lowest BCUT2D eigenvalue weighted by Gasteiger charge is -2.12. The van der Waals surface area contributed by atoms with Gasteiger partial charge in [-0.05, 0) is 6.42 Å². The lowest BCUT2D eigenvalue weighted by atomic mass is 10.4. The van der Waals surface area contributed by atoms with Gasteiger partial charge in [-0.15, -0.1) is 0 Å². The van der Waals surface area contributed by atoms with Crippen molar-refractivity contribution >= 4 is 0 Å². The van der Waals surface area contributed by atoms with Crippen LogP contribution in [0, 0.1) is 22.9 Å². The molecule has 0 saturated carbocycles. The summed E-state index contributed by atoms with van der Waals surface area (Å²) in [6.07, 6.45) is 4.81. The molecule has 11 heavy (non-hydrogen) atoms. The normalized spacial score (nSPS) is 7.91. The second-order valence-electron chi connectivity index (χ2n) is 2.13. The summed E-state index contributed by atoms with van der Waals surface area (Å²) in [5.41, 5.74) is 0. The van der Waals surface area contributed by atoms with Crippen LogP contribution in [0.4, 0.5) is 0 Å². The third kappa shape index (κ3) is 5.05. The number of hydrogen-bond donors (Lipinski definition) is 1. The Morgan fingerprint density at radius 2 is 2.09 bits per heavy atom. The molecule has 0 aliphatic rings. The minimum atomic E-state index is 0.546. The van der Waals surface area contributed by atoms with E-state index in [0.29, 0.717) is 13.1 Å². The Bertz CT molecular complexity index is 164. The van der Waals surface area contributed by atoms with Crippen LogP contribution in [-0.4, -0.2) is 24.5 Å². The van der Waals surface area contributed by atoms with Gasteiger partial charge in [0.05, 0.1) is 0 Å². The Labute approximate surface area is 67.0 Å². The Balaban J connectivity index is 3.39. The van der Waals surface area contributed by atoms with Gasteiger partial charge in [-0.3, -0.25) is 0 Å². The van der Waals surface area contributed by atoms with Crippen LogP contribution in [0.5, 0.6) is 0 Å². The van der Waals surface area contributed by atoms with E-state index in [9.17, 15) is 0 Å². The number of rotatable bonds is 5. The predicted octanol–water partition coefficient (Wildman–Crippen LogP) is 0.250. The molecule has 1 N–H and O–H groups in total. The van der Waals surface area contributed by atoms with E-state index in [1.165, 1.54) is 0 Å². The lowest BCUT2D eigenvalue weighted by molar-refractivity contribution is 0.394. The van der Waals surface area contributed by atoms with E-state index in [4.69, 9.17) is 10.5 Å². The first kappa shape index (κ1) is 9.58. The van der Waals surface area contributed by atoms with Crippen LogP contribution >= 0.6 is 0 Å². The average Bonchev–Trinajstić information content (AvgIpc) is 2.03. The van der Waals surface area contributed by atoms with Gasteiger partial charge in [-0.2, -0.15) is 10.5 Å². The number of nitrogens with zero attached hydrogens (tertiary/aromatic N) is 3. The second-order valence-corrected chi connectivity index (χ2v) is 2.13. The van der Waals surface area contributed by atoms with Crippen molar-refractivity contribution in [1.29, 1.82) is 10.5 Å². The van der Waals surface area contributed by atoms with Crippen LogP contribution in [0.2, 0.25) is 0 Å². The monoisotopic (exact) mass is 152 g/mol. The van der Waals surface area contributed by atoms with Gasteiger partial charge in [0.15, 0.2) is 12.4 Å². The van der Waals surface area contributed by atoms with E-state index in [-0.39, 0.29) is 0 Å². The van der Waals surface area contributed by atoms with E-state index >= 15 is 0 Å². The quantitative estimate of drug-likeness (QED) is 0.348. The van der Waals surface area contributed by atoms with Crippen LogP contribution in [0.25, 0.3) is 0 Å². The first-order valence-corrected chi connectivity index (χ1v) is 3.61. The Kier molecular flexibility index (Phi) is 5.83. The standard InChI is InChI=1S/C7H12N4/c1-2-4-11(7-9)5-3-10-6-8/h10H,2-5H2,1H3. The largest absolute Gasteiger partial charge is 0.322 e. The highest BCUT2D eigenvalue weighted by molar-refractivity contribution is 4.75. The summed E-state index contributed by atoms with van der Waals surface area (Å²) < 4.78 is 0. The lowest BCUT2D eigenvalue weighted by Crippen LogP contribution is -2.27. The zero-order valence-electron chi connectivity index (χ0n) is 6.67. The molecule has 0 aromatic carbocycles. The molecule has 0 spiro atoms. The van der Waals surface area contributed by atoms with Crippen molar-refractivity contribution in [3.63, 3.8) is 0 Å². The third-order valence-electron chi connectivity index (χ3n) is 1.22. The molecule has 0 aromatic rings. The predicted molar refractivity (Wildman–Crippen MR) is 41.1 cm³/mol. The minimum Gasteiger partial charge on any atom is -0.322 e. The van der Waals surface area contributed by atoms with Crippen molar-refractivity contribution < 1.29 is 0 Å². The van der Waals surface area contributed by atoms with Crippen LogP contribution in [0.15, 0.2) is 0 Å². The minimum absolute atomic E-state index is 0.546. The third-order valence-corrected chi connectivity index (χ3v) is 1.22. The zero-order valence-corrected chi connectivity index (χ0v) is 6.67. The van der Waals surface area contributed by atoms with E-state index in [2.05, 4.69) is 5.32 Å². The fraction of sp³-hybridized carbons (Fsp3) is 0.714. The molecule has 0 aromatic heterocycles. The van der Waals surface area contributed by atoms with Crippen LogP contribution in [-0.2, 0) is 0 Å². The molecule has 0 fully saturated rings. The zero-order chi connectivity index (χ0) is 8.53. The molecule has 0 rings (SSSR count). The summed E-state index contributed by atoms with van der Waals surface area (Å²) >= 11 is 0. The maximum absolute atomic E-state index is 8.52. The van der Waals surface area contributed by atoms with Crippen LogP contribution in [0.1, 0.15) is 13.3 Å². The molecule has 0 atom stereocenters. The van der Waals surface area contributed by atoms with Gasteiger partial charge in [-0.25, -0.2) is 0 Å². The van der Waals surface area contributed by atoms with Gasteiger partial charge in [0.25, 0.3) is 0 Å². The van der Waals surface area contributed by atoms with E-state index < -0.39 is 0 Å². The summed E-state index contributed by atoms with van der Waals surface area (Å²) in [6.45, 7) is 3.94. The van der Waals surface area contributed by atoms with Gasteiger partial charge in [0, 0.05) is 19.6 Å². The van der Waals surface area contributed by atoms with Crippen molar-refractivity contribution in [2.24, 2.45) is 0 Å². The van der Waals surface area contributed by atoms with Gasteiger partial charge < -0.3 is 10.2 Å². The second kappa shape index (κ2) is 6.70. The summed E-state index contributed by atoms with van der Waals surface area (Å²) in [5, 5.41) is 19.1. The van der Waals surface area contributed by atoms with Crippen molar-refractivity contribution in [3.05, 3.63) is 0 Å². The summed E-state index contributed by atoms with van der Waals surface area (Å²) in [4.78, 5) is 1.63. The molecule has 60 valence electrons. The maximum Gasteiger partial charge on any atom is 0.179 e. The molecule has 0 bridgehead atoms. The molecular weight excluding hydrogens is 140 g/mol. The molecule has 0 aliphatic heterocycles. The fourth-order valence-corrected chi connectivity index (χ4v) is 0.728. The highest BCUT2D eigenvalue weighted by atomic mass is 15.1. The van der Waals surface area contributed by atoms with E-state index in [1.54, 1.807) is 11.1 Å². The van der Waals surface area contributed by atoms with Gasteiger partial charge >= 0.3 is 0 Å². The van der Waals surface area contributed by atoms with Gasteiger partial charge in [0.2, 0.25) is 0 Å². The van der Waals surface area contributed by atoms with Crippen molar-refractivity contribution in [3.8, 4) is 12.4 Å². The summed E-state index contributed by atoms with van der Waals surface area (Å²) in [6, 6.07) is 0. The molecule has 4 nitrogen and oxygen atoms in total. The smallest absolute Gasteiger partial charge is 0.179 e. The van der Waals surface area contributed by atoms with Gasteiger partial charge in [-0.1, -0.05) is 6.92 Å². The molecule has 0 heterocycles. The maximum atomic E-state index is 8.52. The molecule has 4 heteroatoms. The Hall–Kier alpha value is -1.42. The summed E-state index contributed by atoms with van der Waals surface area (Å²) in [7, 11) is 0. The highest BCUT2D eigenvalue weighted by Gasteiger charge is 1.97. The van der Waals surface area contributed by atoms with E-state index in [0.717, 1.165) is 13.0 Å². The summed E-state index contributed by atoms with van der Waals surface area (Å²) in [5.74, 6) is 0. The molecule has 0 radical (unpaired) electrons. The Morgan fingerprint density at radius 3 is 2.55 bits per heavy atom. The van der Waals surface area contributed by atoms with Gasteiger partial charge in [0.1, 0.15) is 0 Å². The van der Waals surface area contributed by atoms with Crippen LogP contribution < -0.4 is 5.32 Å². The molecular formula is C7H12N4. The van der Waals surface area contributed by atoms with Crippen molar-refractivity contribution in [2.75, 3.05) is 19.6 Å². The number of nitrogens with one attached hydrogen (secondary N) is 1.